The first-order chi connectivity index (χ1) is 10.2. The second-order valence-corrected chi connectivity index (χ2v) is 5.62. The maximum absolute atomic E-state index is 11.6. The first-order valence-electron chi connectivity index (χ1n) is 5.61. The van der Waals surface area contributed by atoms with Gasteiger partial charge in [-0.2, -0.15) is 8.42 Å². The maximum atomic E-state index is 11.6. The molecule has 0 spiro atoms. The van der Waals surface area contributed by atoms with Gasteiger partial charge in [-0.05, 0) is 18.2 Å². The number of hydrogen-bond donors (Lipinski definition) is 2. The molecule has 120 valence electrons. The lowest BCUT2D eigenvalue weighted by molar-refractivity contribution is -0.138. The first-order valence-corrected chi connectivity index (χ1v) is 7.43. The Bertz CT molecular complexity index is 727. The molecule has 0 fully saturated rings. The van der Waals surface area contributed by atoms with E-state index in [-0.39, 0.29) is 16.4 Å². The van der Waals surface area contributed by atoms with Crippen LogP contribution in [0.25, 0.3) is 0 Å². The summed E-state index contributed by atoms with van der Waals surface area (Å²) in [5.74, 6) is -1.70. The number of carbonyl (C=O) groups is 2. The molecule has 0 saturated heterocycles. The summed E-state index contributed by atoms with van der Waals surface area (Å²) in [5.41, 5.74) is -0.212. The van der Waals surface area contributed by atoms with Gasteiger partial charge in [0.15, 0.2) is 0 Å². The molecular weight excluding hydrogens is 338 g/mol. The summed E-state index contributed by atoms with van der Waals surface area (Å²) < 4.78 is 40.3. The minimum Gasteiger partial charge on any atom is -0.466 e. The molecule has 0 aliphatic rings. The Morgan fingerprint density at radius 2 is 1.91 bits per heavy atom. The van der Waals surface area contributed by atoms with E-state index in [1.54, 1.807) is 0 Å². The van der Waals surface area contributed by atoms with Crippen molar-refractivity contribution in [3.05, 3.63) is 35.0 Å². The van der Waals surface area contributed by atoms with Crippen LogP contribution >= 0.6 is 11.6 Å². The van der Waals surface area contributed by atoms with E-state index in [9.17, 15) is 18.0 Å². The monoisotopic (exact) mass is 349 g/mol. The highest BCUT2D eigenvalue weighted by atomic mass is 35.5. The smallest absolute Gasteiger partial charge is 0.354 e. The second kappa shape index (κ2) is 7.25. The largest absolute Gasteiger partial charge is 0.466 e. The molecule has 8 nitrogen and oxygen atoms in total. The Morgan fingerprint density at radius 1 is 1.27 bits per heavy atom. The number of methoxy groups -OCH3 is 2. The Morgan fingerprint density at radius 3 is 2.41 bits per heavy atom. The lowest BCUT2D eigenvalue weighted by Gasteiger charge is -2.10. The molecule has 0 heterocycles. The van der Waals surface area contributed by atoms with Gasteiger partial charge in [0.1, 0.15) is 10.6 Å². The molecule has 1 aromatic rings. The van der Waals surface area contributed by atoms with Gasteiger partial charge in [-0.3, -0.25) is 4.55 Å². The third kappa shape index (κ3) is 4.72. The van der Waals surface area contributed by atoms with Crippen molar-refractivity contribution in [2.24, 2.45) is 0 Å². The lowest BCUT2D eigenvalue weighted by Crippen LogP contribution is -2.15. The van der Waals surface area contributed by atoms with E-state index in [0.29, 0.717) is 0 Å². The van der Waals surface area contributed by atoms with Crippen molar-refractivity contribution in [3.8, 4) is 0 Å². The number of halogens is 1. The molecule has 0 aromatic heterocycles. The predicted octanol–water partition coefficient (Wildman–Crippen LogP) is 1.23. The van der Waals surface area contributed by atoms with Gasteiger partial charge in [0.2, 0.25) is 0 Å². The molecule has 1 aromatic carbocycles. The third-order valence-electron chi connectivity index (χ3n) is 2.36. The van der Waals surface area contributed by atoms with Gasteiger partial charge in [0.25, 0.3) is 10.1 Å². The van der Waals surface area contributed by atoms with Crippen molar-refractivity contribution in [2.75, 3.05) is 19.5 Å². The van der Waals surface area contributed by atoms with E-state index < -0.39 is 27.0 Å². The fraction of sp³-hybridized carbons (Fsp3) is 0.167. The topological polar surface area (TPSA) is 119 Å². The fourth-order valence-corrected chi connectivity index (χ4v) is 2.37. The van der Waals surface area contributed by atoms with E-state index in [2.05, 4.69) is 14.8 Å². The highest BCUT2D eigenvalue weighted by Gasteiger charge is 2.17. The molecular formula is C12H12ClNO7S. The van der Waals surface area contributed by atoms with Crippen LogP contribution < -0.4 is 5.32 Å². The quantitative estimate of drug-likeness (QED) is 0.463. The molecule has 2 N–H and O–H groups in total. The summed E-state index contributed by atoms with van der Waals surface area (Å²) in [7, 11) is -2.33. The van der Waals surface area contributed by atoms with Crippen LogP contribution in [0.1, 0.15) is 0 Å². The molecule has 0 saturated carbocycles. The van der Waals surface area contributed by atoms with Gasteiger partial charge in [0.05, 0.1) is 25.3 Å². The molecule has 0 bridgehead atoms. The predicted molar refractivity (Wildman–Crippen MR) is 77.0 cm³/mol. The summed E-state index contributed by atoms with van der Waals surface area (Å²) in [6.45, 7) is 0. The van der Waals surface area contributed by atoms with Gasteiger partial charge in [-0.15, -0.1) is 0 Å². The number of benzene rings is 1. The molecule has 0 aliphatic heterocycles. The van der Waals surface area contributed by atoms with Crippen molar-refractivity contribution in [1.29, 1.82) is 0 Å². The van der Waals surface area contributed by atoms with E-state index in [1.807, 2.05) is 0 Å². The van der Waals surface area contributed by atoms with Crippen LogP contribution in [-0.2, 0) is 29.2 Å². The number of esters is 2. The van der Waals surface area contributed by atoms with Crippen LogP contribution in [0.15, 0.2) is 34.9 Å². The van der Waals surface area contributed by atoms with Crippen molar-refractivity contribution >= 4 is 39.3 Å². The highest BCUT2D eigenvalue weighted by molar-refractivity contribution is 7.86. The Hall–Kier alpha value is -2.10. The molecule has 0 radical (unpaired) electrons. The summed E-state index contributed by atoms with van der Waals surface area (Å²) in [6, 6.07) is 3.52. The number of hydrogen-bond acceptors (Lipinski definition) is 7. The van der Waals surface area contributed by atoms with E-state index in [4.69, 9.17) is 16.2 Å². The number of rotatable bonds is 5. The maximum Gasteiger partial charge on any atom is 0.354 e. The van der Waals surface area contributed by atoms with Crippen LogP contribution in [-0.4, -0.2) is 39.1 Å². The molecule has 1 rings (SSSR count). The zero-order chi connectivity index (χ0) is 16.9. The SMILES string of the molecule is COC(=O)/C=C(/Nc1ccc(Cl)c(S(=O)(=O)O)c1)C(=O)OC. The minimum atomic E-state index is -4.54. The average Bonchev–Trinajstić information content (AvgIpc) is 2.46. The van der Waals surface area contributed by atoms with Crippen molar-refractivity contribution in [3.63, 3.8) is 0 Å². The van der Waals surface area contributed by atoms with Crippen molar-refractivity contribution < 1.29 is 32.0 Å². The second-order valence-electron chi connectivity index (χ2n) is 3.82. The van der Waals surface area contributed by atoms with E-state index >= 15 is 0 Å². The Kier molecular flexibility index (Phi) is 5.92. The zero-order valence-corrected chi connectivity index (χ0v) is 13.1. The number of ether oxygens (including phenoxy) is 2. The summed E-state index contributed by atoms with van der Waals surface area (Å²) in [6.07, 6.45) is 0.827. The normalized spacial score (nSPS) is 11.7. The first kappa shape index (κ1) is 18.0. The third-order valence-corrected chi connectivity index (χ3v) is 3.69. The van der Waals surface area contributed by atoms with Gasteiger partial charge >= 0.3 is 11.9 Å². The van der Waals surface area contributed by atoms with Gasteiger partial charge in [-0.1, -0.05) is 11.6 Å². The minimum absolute atomic E-state index is 0.0811. The zero-order valence-electron chi connectivity index (χ0n) is 11.5. The summed E-state index contributed by atoms with van der Waals surface area (Å²) in [4.78, 5) is 22.2. The van der Waals surface area contributed by atoms with Crippen molar-refractivity contribution in [1.82, 2.24) is 0 Å². The number of carbonyl (C=O) groups excluding carboxylic acids is 2. The molecule has 0 aliphatic carbocycles. The van der Waals surface area contributed by atoms with E-state index in [1.165, 1.54) is 12.1 Å². The van der Waals surface area contributed by atoms with Crippen LogP contribution in [0.4, 0.5) is 5.69 Å². The average molecular weight is 350 g/mol. The fourth-order valence-electron chi connectivity index (χ4n) is 1.37. The number of nitrogens with one attached hydrogen (secondary N) is 1. The van der Waals surface area contributed by atoms with Crippen molar-refractivity contribution in [2.45, 2.75) is 4.90 Å². The molecule has 10 heteroatoms. The van der Waals surface area contributed by atoms with Crippen LogP contribution in [0.3, 0.4) is 0 Å². The summed E-state index contributed by atoms with van der Waals surface area (Å²) in [5, 5.41) is 2.28. The van der Waals surface area contributed by atoms with Crippen LogP contribution in [0.5, 0.6) is 0 Å². The highest BCUT2D eigenvalue weighted by Crippen LogP contribution is 2.25. The van der Waals surface area contributed by atoms with E-state index in [0.717, 1.165) is 26.4 Å². The standard InChI is InChI=1S/C12H12ClNO7S/c1-20-11(15)6-9(12(16)21-2)14-7-3-4-8(13)10(5-7)22(17,18)19/h3-6,14H,1-2H3,(H,17,18,19)/b9-6+. The summed E-state index contributed by atoms with van der Waals surface area (Å²) >= 11 is 5.67. The van der Waals surface area contributed by atoms with Gasteiger partial charge in [0, 0.05) is 5.69 Å². The van der Waals surface area contributed by atoms with Gasteiger partial charge < -0.3 is 14.8 Å². The Balaban J connectivity index is 3.23. The Labute approximate surface area is 131 Å². The molecule has 0 atom stereocenters. The molecule has 0 unspecified atom stereocenters. The van der Waals surface area contributed by atoms with Crippen LogP contribution in [0, 0.1) is 0 Å². The van der Waals surface area contributed by atoms with Crippen LogP contribution in [0.2, 0.25) is 5.02 Å². The van der Waals surface area contributed by atoms with Gasteiger partial charge in [-0.25, -0.2) is 9.59 Å². The lowest BCUT2D eigenvalue weighted by atomic mass is 10.3. The number of anilines is 1. The molecule has 22 heavy (non-hydrogen) atoms. The molecule has 0 amide bonds.